The minimum absolute atomic E-state index is 0.126. The predicted octanol–water partition coefficient (Wildman–Crippen LogP) is 3.36. The van der Waals surface area contributed by atoms with Crippen LogP contribution in [0.5, 0.6) is 5.75 Å². The Balaban J connectivity index is 2.00. The number of hydrogen-bond acceptors (Lipinski definition) is 4. The normalized spacial score (nSPS) is 10.8. The van der Waals surface area contributed by atoms with Gasteiger partial charge in [0.15, 0.2) is 5.82 Å². The maximum absolute atomic E-state index is 11.4. The van der Waals surface area contributed by atoms with Gasteiger partial charge in [-0.05, 0) is 36.8 Å². The van der Waals surface area contributed by atoms with Gasteiger partial charge in [0, 0.05) is 29.4 Å². The zero-order chi connectivity index (χ0) is 17.3. The van der Waals surface area contributed by atoms with Gasteiger partial charge >= 0.3 is 5.69 Å². The second kappa shape index (κ2) is 6.67. The van der Waals surface area contributed by atoms with Crippen molar-refractivity contribution >= 4 is 23.2 Å². The molecule has 0 aliphatic heterocycles. The van der Waals surface area contributed by atoms with Gasteiger partial charge in [-0.15, -0.1) is 0 Å². The highest BCUT2D eigenvalue weighted by atomic mass is 35.5. The molecular formula is C16H14Cl2N4O2. The number of nitrogens with one attached hydrogen (secondary N) is 1. The Hall–Kier alpha value is -2.31. The highest BCUT2D eigenvalue weighted by molar-refractivity contribution is 6.33. The van der Waals surface area contributed by atoms with Gasteiger partial charge < -0.3 is 4.74 Å². The molecule has 6 nitrogen and oxygen atoms in total. The number of aromatic nitrogens is 4. The molecule has 1 N–H and O–H groups in total. The molecule has 24 heavy (non-hydrogen) atoms. The van der Waals surface area contributed by atoms with Gasteiger partial charge in [-0.1, -0.05) is 23.2 Å². The quantitative estimate of drug-likeness (QED) is 0.720. The first-order valence-corrected chi connectivity index (χ1v) is 7.87. The summed E-state index contributed by atoms with van der Waals surface area (Å²) in [5.74, 6) is 1.07. The molecule has 3 aromatic rings. The van der Waals surface area contributed by atoms with E-state index in [1.54, 1.807) is 25.4 Å². The number of halogens is 2. The van der Waals surface area contributed by atoms with Crippen LogP contribution < -0.4 is 10.4 Å². The molecular weight excluding hydrogens is 351 g/mol. The summed E-state index contributed by atoms with van der Waals surface area (Å²) in [5.41, 5.74) is 2.01. The van der Waals surface area contributed by atoms with Crippen molar-refractivity contribution < 1.29 is 4.74 Å². The highest BCUT2D eigenvalue weighted by Crippen LogP contribution is 2.37. The third-order valence-corrected chi connectivity index (χ3v) is 4.35. The molecule has 0 amide bonds. The van der Waals surface area contributed by atoms with E-state index in [-0.39, 0.29) is 12.3 Å². The van der Waals surface area contributed by atoms with Crippen molar-refractivity contribution in [3.8, 4) is 16.9 Å². The highest BCUT2D eigenvalue weighted by Gasteiger charge is 2.14. The fourth-order valence-corrected chi connectivity index (χ4v) is 2.61. The lowest BCUT2D eigenvalue weighted by molar-refractivity contribution is 0.292. The number of H-pyrrole nitrogens is 1. The van der Waals surface area contributed by atoms with Crippen molar-refractivity contribution in [2.45, 2.75) is 13.5 Å². The van der Waals surface area contributed by atoms with Gasteiger partial charge in [-0.3, -0.25) is 4.57 Å². The number of ether oxygens (including phenoxy) is 1. The van der Waals surface area contributed by atoms with Crippen LogP contribution in [0.4, 0.5) is 0 Å². The van der Waals surface area contributed by atoms with Crippen molar-refractivity contribution in [3.05, 3.63) is 62.5 Å². The molecule has 0 aliphatic carbocycles. The molecule has 0 fully saturated rings. The fourth-order valence-electron chi connectivity index (χ4n) is 2.22. The van der Waals surface area contributed by atoms with Gasteiger partial charge in [-0.2, -0.15) is 5.10 Å². The van der Waals surface area contributed by atoms with Crippen LogP contribution in [-0.4, -0.2) is 19.7 Å². The van der Waals surface area contributed by atoms with Crippen LogP contribution in [0.3, 0.4) is 0 Å². The van der Waals surface area contributed by atoms with Crippen LogP contribution in [0.15, 0.2) is 35.3 Å². The zero-order valence-electron chi connectivity index (χ0n) is 13.0. The molecule has 2 aromatic heterocycles. The first-order valence-electron chi connectivity index (χ1n) is 7.11. The summed E-state index contributed by atoms with van der Waals surface area (Å²) in [5, 5.41) is 7.26. The van der Waals surface area contributed by atoms with E-state index in [9.17, 15) is 4.79 Å². The topological polar surface area (TPSA) is 72.8 Å². The average molecular weight is 365 g/mol. The molecule has 0 atom stereocenters. The van der Waals surface area contributed by atoms with E-state index in [4.69, 9.17) is 27.9 Å². The predicted molar refractivity (Wildman–Crippen MR) is 92.6 cm³/mol. The monoisotopic (exact) mass is 364 g/mol. The smallest absolute Gasteiger partial charge is 0.343 e. The Labute approximate surface area is 148 Å². The zero-order valence-corrected chi connectivity index (χ0v) is 14.5. The third-order valence-electron chi connectivity index (χ3n) is 3.64. The number of aryl methyl sites for hydroxylation is 1. The van der Waals surface area contributed by atoms with Crippen molar-refractivity contribution in [1.29, 1.82) is 0 Å². The van der Waals surface area contributed by atoms with Crippen molar-refractivity contribution in [3.63, 3.8) is 0 Å². The number of aromatic amines is 1. The summed E-state index contributed by atoms with van der Waals surface area (Å²) < 4.78 is 7.26. The Kier molecular flexibility index (Phi) is 4.59. The number of pyridine rings is 1. The second-order valence-corrected chi connectivity index (χ2v) is 6.00. The molecule has 1 aromatic carbocycles. The van der Waals surface area contributed by atoms with Gasteiger partial charge in [0.2, 0.25) is 0 Å². The average Bonchev–Trinajstić information content (AvgIpc) is 2.88. The minimum atomic E-state index is -0.295. The number of hydrogen-bond donors (Lipinski definition) is 1. The fraction of sp³-hybridized carbons (Fsp3) is 0.188. The summed E-state index contributed by atoms with van der Waals surface area (Å²) in [7, 11) is 1.62. The van der Waals surface area contributed by atoms with E-state index in [2.05, 4.69) is 15.2 Å². The Bertz CT molecular complexity index is 949. The van der Waals surface area contributed by atoms with Crippen LogP contribution in [0, 0.1) is 6.92 Å². The number of rotatable bonds is 4. The summed E-state index contributed by atoms with van der Waals surface area (Å²) in [6.07, 6.45) is 1.61. The van der Waals surface area contributed by atoms with Gasteiger partial charge in [0.25, 0.3) is 0 Å². The molecule has 0 saturated heterocycles. The summed E-state index contributed by atoms with van der Waals surface area (Å²) in [6.45, 7) is 2.01. The lowest BCUT2D eigenvalue weighted by Gasteiger charge is -2.14. The van der Waals surface area contributed by atoms with E-state index in [1.165, 1.54) is 4.57 Å². The molecule has 0 radical (unpaired) electrons. The Morgan fingerprint density at radius 2 is 2.08 bits per heavy atom. The SMILES string of the molecule is Cc1cc(OCc2n[nH]c(=O)n2C)c(-c2cccnc2Cl)cc1Cl. The standard InChI is InChI=1S/C16H14Cl2N4O2/c1-9-6-13(24-8-14-20-21-16(23)22(14)2)11(7-12(9)17)10-4-3-5-19-15(10)18/h3-7H,8H2,1-2H3,(H,21,23). The maximum atomic E-state index is 11.4. The van der Waals surface area contributed by atoms with Crippen LogP contribution in [0.2, 0.25) is 10.2 Å². The largest absolute Gasteiger partial charge is 0.485 e. The van der Waals surface area contributed by atoms with Crippen LogP contribution in [0.1, 0.15) is 11.4 Å². The van der Waals surface area contributed by atoms with Crippen LogP contribution >= 0.6 is 23.2 Å². The maximum Gasteiger partial charge on any atom is 0.343 e. The molecule has 0 saturated carbocycles. The lowest BCUT2D eigenvalue weighted by Crippen LogP contribution is -2.15. The van der Waals surface area contributed by atoms with Gasteiger partial charge in [0.1, 0.15) is 17.5 Å². The van der Waals surface area contributed by atoms with Crippen molar-refractivity contribution in [1.82, 2.24) is 19.7 Å². The third kappa shape index (κ3) is 3.16. The number of nitrogens with zero attached hydrogens (tertiary/aromatic N) is 3. The van der Waals surface area contributed by atoms with E-state index in [0.29, 0.717) is 27.3 Å². The molecule has 0 spiro atoms. The minimum Gasteiger partial charge on any atom is -0.485 e. The molecule has 124 valence electrons. The molecule has 0 unspecified atom stereocenters. The molecule has 8 heteroatoms. The molecule has 2 heterocycles. The number of benzene rings is 1. The van der Waals surface area contributed by atoms with Crippen molar-refractivity contribution in [2.75, 3.05) is 0 Å². The van der Waals surface area contributed by atoms with E-state index >= 15 is 0 Å². The van der Waals surface area contributed by atoms with E-state index in [0.717, 1.165) is 11.1 Å². The van der Waals surface area contributed by atoms with E-state index in [1.807, 2.05) is 19.1 Å². The van der Waals surface area contributed by atoms with Gasteiger partial charge in [-0.25, -0.2) is 14.9 Å². The first kappa shape index (κ1) is 16.5. The summed E-state index contributed by atoms with van der Waals surface area (Å²) in [4.78, 5) is 15.5. The lowest BCUT2D eigenvalue weighted by atomic mass is 10.0. The first-order chi connectivity index (χ1) is 11.5. The van der Waals surface area contributed by atoms with Crippen LogP contribution in [0.25, 0.3) is 11.1 Å². The molecule has 0 bridgehead atoms. The van der Waals surface area contributed by atoms with E-state index < -0.39 is 0 Å². The summed E-state index contributed by atoms with van der Waals surface area (Å²) >= 11 is 12.4. The summed E-state index contributed by atoms with van der Waals surface area (Å²) in [6, 6.07) is 7.24. The van der Waals surface area contributed by atoms with Crippen molar-refractivity contribution in [2.24, 2.45) is 7.05 Å². The molecule has 0 aliphatic rings. The van der Waals surface area contributed by atoms with Crippen LogP contribution in [-0.2, 0) is 13.7 Å². The molecule has 3 rings (SSSR count). The van der Waals surface area contributed by atoms with Gasteiger partial charge in [0.05, 0.1) is 0 Å². The Morgan fingerprint density at radius 3 is 2.75 bits per heavy atom. The Morgan fingerprint density at radius 1 is 1.29 bits per heavy atom. The second-order valence-electron chi connectivity index (χ2n) is 5.23.